The first-order valence-corrected chi connectivity index (χ1v) is 39.0. The molecule has 522 valence electrons. The van der Waals surface area contributed by atoms with E-state index in [0.29, 0.717) is 25.7 Å². The Morgan fingerprint density at radius 2 is 0.523 bits per heavy atom. The zero-order chi connectivity index (χ0) is 65.0. The number of aliphatic hydroxyl groups is 1. The first kappa shape index (κ1) is 86.1. The van der Waals surface area contributed by atoms with E-state index in [2.05, 4.69) is 41.5 Å². The molecule has 0 fully saturated rings. The van der Waals surface area contributed by atoms with Crippen molar-refractivity contribution in [1.29, 1.82) is 0 Å². The first-order valence-electron chi connectivity index (χ1n) is 36.0. The zero-order valence-electron chi connectivity index (χ0n) is 57.0. The fourth-order valence-electron chi connectivity index (χ4n) is 10.4. The van der Waals surface area contributed by atoms with E-state index in [1.54, 1.807) is 0 Å². The second kappa shape index (κ2) is 61.3. The molecule has 0 radical (unpaired) electrons. The number of hydrogen-bond acceptors (Lipinski definition) is 15. The molecule has 19 heteroatoms. The number of carbonyl (C=O) groups excluding carboxylic acids is 4. The lowest BCUT2D eigenvalue weighted by atomic mass is 10.0. The normalized spacial score (nSPS) is 14.2. The van der Waals surface area contributed by atoms with Crippen molar-refractivity contribution in [2.45, 2.75) is 368 Å². The second-order valence-electron chi connectivity index (χ2n) is 25.9. The molecule has 5 atom stereocenters. The molecule has 0 aliphatic rings. The third-order valence-corrected chi connectivity index (χ3v) is 17.9. The Balaban J connectivity index is 5.21. The summed E-state index contributed by atoms with van der Waals surface area (Å²) in [7, 11) is -9.89. The van der Waals surface area contributed by atoms with Crippen LogP contribution in [0, 0.1) is 11.8 Å². The van der Waals surface area contributed by atoms with Crippen LogP contribution in [0.5, 0.6) is 0 Å². The summed E-state index contributed by atoms with van der Waals surface area (Å²) in [5.74, 6) is -0.592. The van der Waals surface area contributed by atoms with E-state index in [9.17, 15) is 43.2 Å². The predicted molar refractivity (Wildman–Crippen MR) is 354 cm³/mol. The van der Waals surface area contributed by atoms with Gasteiger partial charge in [-0.1, -0.05) is 298 Å². The lowest BCUT2D eigenvalue weighted by Gasteiger charge is -2.21. The number of esters is 4. The van der Waals surface area contributed by atoms with E-state index in [4.69, 9.17) is 37.0 Å². The molecule has 88 heavy (non-hydrogen) atoms. The van der Waals surface area contributed by atoms with Crippen molar-refractivity contribution in [3.63, 3.8) is 0 Å². The quantitative estimate of drug-likeness (QED) is 0.0222. The maximum Gasteiger partial charge on any atom is 0.472 e. The van der Waals surface area contributed by atoms with Crippen LogP contribution in [0.1, 0.15) is 350 Å². The highest BCUT2D eigenvalue weighted by Crippen LogP contribution is 2.45. The largest absolute Gasteiger partial charge is 0.472 e. The average Bonchev–Trinajstić information content (AvgIpc) is 3.68. The maximum absolute atomic E-state index is 13.0. The van der Waals surface area contributed by atoms with Gasteiger partial charge in [0.05, 0.1) is 26.4 Å². The molecular weight excluding hydrogens is 1160 g/mol. The lowest BCUT2D eigenvalue weighted by molar-refractivity contribution is -0.161. The molecule has 3 N–H and O–H groups in total. The topological polar surface area (TPSA) is 237 Å². The van der Waals surface area contributed by atoms with Gasteiger partial charge in [-0.05, 0) is 37.5 Å². The Morgan fingerprint density at radius 3 is 0.773 bits per heavy atom. The van der Waals surface area contributed by atoms with Crippen LogP contribution in [-0.4, -0.2) is 96.7 Å². The average molecular weight is 1300 g/mol. The van der Waals surface area contributed by atoms with Gasteiger partial charge in [0.25, 0.3) is 0 Å². The summed E-state index contributed by atoms with van der Waals surface area (Å²) in [5, 5.41) is 10.6. The zero-order valence-corrected chi connectivity index (χ0v) is 58.8. The summed E-state index contributed by atoms with van der Waals surface area (Å²) in [6.07, 6.45) is 45.8. The Kier molecular flexibility index (Phi) is 59.9. The van der Waals surface area contributed by atoms with Crippen LogP contribution >= 0.6 is 15.6 Å². The van der Waals surface area contributed by atoms with Crippen LogP contribution in [-0.2, 0) is 65.4 Å². The van der Waals surface area contributed by atoms with Crippen LogP contribution in [0.2, 0.25) is 0 Å². The fourth-order valence-corrected chi connectivity index (χ4v) is 12.0. The summed E-state index contributed by atoms with van der Waals surface area (Å²) in [6, 6.07) is 0. The van der Waals surface area contributed by atoms with Gasteiger partial charge in [-0.15, -0.1) is 0 Å². The SMILES string of the molecule is CCCCCCCCCCCCCCCC(=O)O[C@H](COC(=O)CCCCCCCCC)COP(=O)(O)OC[C@H](O)COP(=O)(O)OC[C@@H](COC(=O)CCCCCCCCCCCCCC(C)C)OC(=O)CCCCCCCCCCCCCC(C)C. The van der Waals surface area contributed by atoms with Crippen molar-refractivity contribution in [3.8, 4) is 0 Å². The second-order valence-corrected chi connectivity index (χ2v) is 28.8. The molecule has 0 saturated carbocycles. The molecule has 0 rings (SSSR count). The Bertz CT molecular complexity index is 1720. The van der Waals surface area contributed by atoms with Crippen LogP contribution in [0.3, 0.4) is 0 Å². The molecule has 2 unspecified atom stereocenters. The summed E-state index contributed by atoms with van der Waals surface area (Å²) >= 11 is 0. The van der Waals surface area contributed by atoms with E-state index < -0.39 is 97.5 Å². The molecule has 17 nitrogen and oxygen atoms in total. The van der Waals surface area contributed by atoms with E-state index >= 15 is 0 Å². The summed E-state index contributed by atoms with van der Waals surface area (Å²) in [5.41, 5.74) is 0. The fraction of sp³-hybridized carbons (Fsp3) is 0.942. The number of phosphoric acid groups is 2. The van der Waals surface area contributed by atoms with Crippen molar-refractivity contribution in [2.24, 2.45) is 11.8 Å². The minimum absolute atomic E-state index is 0.106. The van der Waals surface area contributed by atoms with Crippen LogP contribution in [0.25, 0.3) is 0 Å². The van der Waals surface area contributed by atoms with Crippen molar-refractivity contribution >= 4 is 39.5 Å². The first-order chi connectivity index (χ1) is 42.4. The minimum atomic E-state index is -4.95. The number of carbonyl (C=O) groups is 4. The van der Waals surface area contributed by atoms with Gasteiger partial charge in [0.15, 0.2) is 12.2 Å². The van der Waals surface area contributed by atoms with Crippen LogP contribution in [0.15, 0.2) is 0 Å². The standard InChI is InChI=1S/C69H134O17P2/c1-7-9-11-13-15-16-17-18-23-29-35-41-47-53-68(73)85-64(57-79-66(71)51-45-39-31-14-12-10-8-2)59-83-87(75,76)81-55-63(70)56-82-88(77,78)84-60-65(86-69(74)54-48-42-36-30-25-20-22-27-33-38-44-50-62(5)6)58-80-67(72)52-46-40-34-28-24-19-21-26-32-37-43-49-61(3)4/h61-65,70H,7-60H2,1-6H3,(H,75,76)(H,77,78)/t63-,64+,65+/m0/s1. The monoisotopic (exact) mass is 1300 g/mol. The van der Waals surface area contributed by atoms with Gasteiger partial charge in [0, 0.05) is 25.7 Å². The Morgan fingerprint density at radius 1 is 0.307 bits per heavy atom. The van der Waals surface area contributed by atoms with Gasteiger partial charge >= 0.3 is 39.5 Å². The number of ether oxygens (including phenoxy) is 4. The van der Waals surface area contributed by atoms with Crippen LogP contribution < -0.4 is 0 Å². The molecule has 0 aromatic heterocycles. The number of hydrogen-bond donors (Lipinski definition) is 3. The van der Waals surface area contributed by atoms with E-state index in [1.165, 1.54) is 154 Å². The number of rotatable bonds is 68. The molecule has 0 aromatic carbocycles. The third-order valence-electron chi connectivity index (χ3n) is 16.0. The summed E-state index contributed by atoms with van der Waals surface area (Å²) in [4.78, 5) is 72.4. The lowest BCUT2D eigenvalue weighted by Crippen LogP contribution is -2.30. The Labute approximate surface area is 537 Å². The summed E-state index contributed by atoms with van der Waals surface area (Å²) < 4.78 is 68.2. The minimum Gasteiger partial charge on any atom is -0.462 e. The highest BCUT2D eigenvalue weighted by molar-refractivity contribution is 7.47. The molecule has 0 aliphatic carbocycles. The van der Waals surface area contributed by atoms with E-state index in [-0.39, 0.29) is 25.7 Å². The number of unbranched alkanes of at least 4 members (excludes halogenated alkanes) is 38. The third kappa shape index (κ3) is 62.8. The van der Waals surface area contributed by atoms with Gasteiger partial charge in [-0.3, -0.25) is 37.3 Å². The predicted octanol–water partition coefficient (Wildman–Crippen LogP) is 19.6. The molecule has 0 spiro atoms. The molecule has 0 amide bonds. The van der Waals surface area contributed by atoms with E-state index in [1.807, 2.05) is 0 Å². The van der Waals surface area contributed by atoms with Crippen LogP contribution in [0.4, 0.5) is 0 Å². The van der Waals surface area contributed by atoms with Gasteiger partial charge in [0.1, 0.15) is 19.3 Å². The maximum atomic E-state index is 13.0. The smallest absolute Gasteiger partial charge is 0.462 e. The Hall–Kier alpha value is -1.94. The molecule has 0 aromatic rings. The van der Waals surface area contributed by atoms with Gasteiger partial charge < -0.3 is 33.8 Å². The van der Waals surface area contributed by atoms with Crippen molar-refractivity contribution in [1.82, 2.24) is 0 Å². The van der Waals surface area contributed by atoms with Crippen molar-refractivity contribution in [2.75, 3.05) is 39.6 Å². The van der Waals surface area contributed by atoms with Gasteiger partial charge in [-0.2, -0.15) is 0 Å². The van der Waals surface area contributed by atoms with Crippen molar-refractivity contribution < 1.29 is 80.2 Å². The number of phosphoric ester groups is 2. The van der Waals surface area contributed by atoms with Gasteiger partial charge in [0.2, 0.25) is 0 Å². The summed E-state index contributed by atoms with van der Waals surface area (Å²) in [6.45, 7) is 9.51. The highest BCUT2D eigenvalue weighted by atomic mass is 31.2. The molecule has 0 aliphatic heterocycles. The van der Waals surface area contributed by atoms with Gasteiger partial charge in [-0.25, -0.2) is 9.13 Å². The van der Waals surface area contributed by atoms with Crippen molar-refractivity contribution in [3.05, 3.63) is 0 Å². The highest BCUT2D eigenvalue weighted by Gasteiger charge is 2.30. The number of aliphatic hydroxyl groups excluding tert-OH is 1. The molecule has 0 saturated heterocycles. The van der Waals surface area contributed by atoms with E-state index in [0.717, 1.165) is 115 Å². The molecule has 0 heterocycles. The molecular formula is C69H134O17P2. The molecule has 0 bridgehead atoms.